The van der Waals surface area contributed by atoms with Crippen molar-refractivity contribution < 1.29 is 9.90 Å². The van der Waals surface area contributed by atoms with Crippen LogP contribution in [0, 0.1) is 0 Å². The van der Waals surface area contributed by atoms with Gasteiger partial charge in [-0.1, -0.05) is 30.8 Å². The highest BCUT2D eigenvalue weighted by Gasteiger charge is 2.41. The SMILES string of the molecule is C=C[C@]1(O)C(=O)Cc2ccccc21. The van der Waals surface area contributed by atoms with E-state index in [1.165, 1.54) is 6.08 Å². The molecule has 13 heavy (non-hydrogen) atoms. The number of carbonyl (C=O) groups is 1. The maximum Gasteiger partial charge on any atom is 0.177 e. The van der Waals surface area contributed by atoms with Gasteiger partial charge in [0, 0.05) is 6.42 Å². The second-order valence-electron chi connectivity index (χ2n) is 3.23. The molecule has 0 saturated carbocycles. The summed E-state index contributed by atoms with van der Waals surface area (Å²) in [5.74, 6) is -0.191. The van der Waals surface area contributed by atoms with Crippen molar-refractivity contribution in [1.82, 2.24) is 0 Å². The van der Waals surface area contributed by atoms with Gasteiger partial charge in [-0.25, -0.2) is 0 Å². The largest absolute Gasteiger partial charge is 0.374 e. The molecule has 1 N–H and O–H groups in total. The number of hydrogen-bond acceptors (Lipinski definition) is 2. The Labute approximate surface area is 76.5 Å². The topological polar surface area (TPSA) is 37.3 Å². The van der Waals surface area contributed by atoms with Crippen molar-refractivity contribution in [3.8, 4) is 0 Å². The first kappa shape index (κ1) is 8.20. The summed E-state index contributed by atoms with van der Waals surface area (Å²) in [6, 6.07) is 7.30. The van der Waals surface area contributed by atoms with Crippen LogP contribution in [0.3, 0.4) is 0 Å². The van der Waals surface area contributed by atoms with E-state index in [1.807, 2.05) is 18.2 Å². The van der Waals surface area contributed by atoms with E-state index in [0.717, 1.165) is 5.56 Å². The minimum atomic E-state index is -1.45. The maximum atomic E-state index is 11.5. The smallest absolute Gasteiger partial charge is 0.177 e. The third kappa shape index (κ3) is 0.956. The van der Waals surface area contributed by atoms with E-state index in [9.17, 15) is 9.90 Å². The van der Waals surface area contributed by atoms with Crippen LogP contribution in [-0.2, 0) is 16.8 Å². The lowest BCUT2D eigenvalue weighted by Crippen LogP contribution is -2.28. The van der Waals surface area contributed by atoms with Crippen molar-refractivity contribution in [1.29, 1.82) is 0 Å². The molecule has 0 amide bonds. The van der Waals surface area contributed by atoms with Crippen LogP contribution in [0.25, 0.3) is 0 Å². The first-order valence-electron chi connectivity index (χ1n) is 4.16. The van der Waals surface area contributed by atoms with Gasteiger partial charge in [0.2, 0.25) is 0 Å². The molecular weight excluding hydrogens is 164 g/mol. The summed E-state index contributed by atoms with van der Waals surface area (Å²) in [6.45, 7) is 3.49. The molecular formula is C11H10O2. The van der Waals surface area contributed by atoms with Gasteiger partial charge in [0.05, 0.1) is 0 Å². The molecule has 0 heterocycles. The number of aliphatic hydroxyl groups is 1. The molecule has 1 aromatic carbocycles. The molecule has 66 valence electrons. The molecule has 1 atom stereocenters. The molecule has 0 aliphatic heterocycles. The Hall–Kier alpha value is -1.41. The summed E-state index contributed by atoms with van der Waals surface area (Å²) >= 11 is 0. The lowest BCUT2D eigenvalue weighted by molar-refractivity contribution is -0.131. The lowest BCUT2D eigenvalue weighted by atomic mass is 9.96. The van der Waals surface area contributed by atoms with Gasteiger partial charge in [0.1, 0.15) is 0 Å². The number of rotatable bonds is 1. The lowest BCUT2D eigenvalue weighted by Gasteiger charge is -2.16. The van der Waals surface area contributed by atoms with Crippen LogP contribution >= 0.6 is 0 Å². The first-order chi connectivity index (χ1) is 6.18. The van der Waals surface area contributed by atoms with Crippen molar-refractivity contribution in [2.24, 2.45) is 0 Å². The van der Waals surface area contributed by atoms with Crippen LogP contribution in [0.1, 0.15) is 11.1 Å². The van der Waals surface area contributed by atoms with Gasteiger partial charge < -0.3 is 5.11 Å². The first-order valence-corrected chi connectivity index (χ1v) is 4.16. The Morgan fingerprint density at radius 2 is 2.15 bits per heavy atom. The Morgan fingerprint density at radius 3 is 2.85 bits per heavy atom. The number of Topliss-reactive ketones (excluding diaryl/α,β-unsaturated/α-hetero) is 1. The van der Waals surface area contributed by atoms with E-state index in [1.54, 1.807) is 6.07 Å². The standard InChI is InChI=1S/C11H10O2/c1-2-11(13)9-6-4-3-5-8(9)7-10(11)12/h2-6,13H,1,7H2/t11-/m1/s1. The summed E-state index contributed by atoms with van der Waals surface area (Å²) in [6.07, 6.45) is 1.61. The second-order valence-corrected chi connectivity index (χ2v) is 3.23. The minimum Gasteiger partial charge on any atom is -0.374 e. The van der Waals surface area contributed by atoms with Crippen LogP contribution in [0.4, 0.5) is 0 Å². The molecule has 0 bridgehead atoms. The van der Waals surface area contributed by atoms with Crippen molar-refractivity contribution in [2.45, 2.75) is 12.0 Å². The van der Waals surface area contributed by atoms with E-state index < -0.39 is 5.60 Å². The molecule has 1 aliphatic carbocycles. The third-order valence-electron chi connectivity index (χ3n) is 2.50. The monoisotopic (exact) mass is 174 g/mol. The van der Waals surface area contributed by atoms with E-state index in [2.05, 4.69) is 6.58 Å². The summed E-state index contributed by atoms with van der Waals surface area (Å²) in [5.41, 5.74) is 0.126. The molecule has 0 unspecified atom stereocenters. The molecule has 0 spiro atoms. The van der Waals surface area contributed by atoms with E-state index in [-0.39, 0.29) is 5.78 Å². The van der Waals surface area contributed by atoms with Crippen molar-refractivity contribution >= 4 is 5.78 Å². The Morgan fingerprint density at radius 1 is 1.46 bits per heavy atom. The molecule has 0 radical (unpaired) electrons. The highest BCUT2D eigenvalue weighted by atomic mass is 16.3. The highest BCUT2D eigenvalue weighted by molar-refractivity contribution is 5.96. The predicted molar refractivity (Wildman–Crippen MR) is 49.2 cm³/mol. The fourth-order valence-electron chi connectivity index (χ4n) is 1.73. The fourth-order valence-corrected chi connectivity index (χ4v) is 1.73. The Bertz CT molecular complexity index is 381. The molecule has 2 rings (SSSR count). The van der Waals surface area contributed by atoms with Gasteiger partial charge in [-0.3, -0.25) is 4.79 Å². The molecule has 1 aliphatic rings. The second kappa shape index (κ2) is 2.54. The van der Waals surface area contributed by atoms with Gasteiger partial charge in [-0.15, -0.1) is 0 Å². The van der Waals surface area contributed by atoms with Crippen LogP contribution in [0.2, 0.25) is 0 Å². The highest BCUT2D eigenvalue weighted by Crippen LogP contribution is 2.34. The number of ketones is 1. The molecule has 0 aromatic heterocycles. The number of hydrogen-bond donors (Lipinski definition) is 1. The zero-order chi connectivity index (χ0) is 9.47. The zero-order valence-electron chi connectivity index (χ0n) is 7.16. The zero-order valence-corrected chi connectivity index (χ0v) is 7.16. The number of fused-ring (bicyclic) bond motifs is 1. The van der Waals surface area contributed by atoms with Crippen molar-refractivity contribution in [3.05, 3.63) is 48.0 Å². The van der Waals surface area contributed by atoms with E-state index >= 15 is 0 Å². The molecule has 0 fully saturated rings. The van der Waals surface area contributed by atoms with Crippen molar-refractivity contribution in [2.75, 3.05) is 0 Å². The number of benzene rings is 1. The van der Waals surface area contributed by atoms with Crippen molar-refractivity contribution in [3.63, 3.8) is 0 Å². The minimum absolute atomic E-state index is 0.191. The average Bonchev–Trinajstić information content (AvgIpc) is 2.41. The van der Waals surface area contributed by atoms with Crippen LogP contribution in [0.15, 0.2) is 36.9 Å². The summed E-state index contributed by atoms with van der Waals surface area (Å²) < 4.78 is 0. The van der Waals surface area contributed by atoms with Gasteiger partial charge in [0.15, 0.2) is 11.4 Å². The Balaban J connectivity index is 2.65. The normalized spacial score (nSPS) is 25.8. The summed E-state index contributed by atoms with van der Waals surface area (Å²) in [4.78, 5) is 11.5. The fraction of sp³-hybridized carbons (Fsp3) is 0.182. The summed E-state index contributed by atoms with van der Waals surface area (Å²) in [7, 11) is 0. The molecule has 2 heteroatoms. The van der Waals surface area contributed by atoms with E-state index in [4.69, 9.17) is 0 Å². The molecule has 1 aromatic rings. The van der Waals surface area contributed by atoms with Gasteiger partial charge in [-0.05, 0) is 17.2 Å². The Kier molecular flexibility index (Phi) is 1.60. The predicted octanol–water partition coefficient (Wildman–Crippen LogP) is 1.19. The molecule has 2 nitrogen and oxygen atoms in total. The number of carbonyl (C=O) groups excluding carboxylic acids is 1. The van der Waals surface area contributed by atoms with Crippen LogP contribution < -0.4 is 0 Å². The third-order valence-corrected chi connectivity index (χ3v) is 2.50. The van der Waals surface area contributed by atoms with Crippen LogP contribution in [0.5, 0.6) is 0 Å². The average molecular weight is 174 g/mol. The van der Waals surface area contributed by atoms with Gasteiger partial charge in [-0.2, -0.15) is 0 Å². The van der Waals surface area contributed by atoms with Gasteiger partial charge >= 0.3 is 0 Å². The molecule has 0 saturated heterocycles. The van der Waals surface area contributed by atoms with Crippen LogP contribution in [-0.4, -0.2) is 10.9 Å². The maximum absolute atomic E-state index is 11.5. The summed E-state index contributed by atoms with van der Waals surface area (Å²) in [5, 5.41) is 9.95. The van der Waals surface area contributed by atoms with E-state index in [0.29, 0.717) is 12.0 Å². The quantitative estimate of drug-likeness (QED) is 0.649. The van der Waals surface area contributed by atoms with Gasteiger partial charge in [0.25, 0.3) is 0 Å².